The van der Waals surface area contributed by atoms with Crippen LogP contribution in [0.5, 0.6) is 11.5 Å². The second kappa shape index (κ2) is 6.90. The highest BCUT2D eigenvalue weighted by molar-refractivity contribution is 5.58. The van der Waals surface area contributed by atoms with Gasteiger partial charge in [0.2, 0.25) is 0 Å². The van der Waals surface area contributed by atoms with Gasteiger partial charge in [-0.05, 0) is 43.9 Å². The summed E-state index contributed by atoms with van der Waals surface area (Å²) >= 11 is 0. The quantitative estimate of drug-likeness (QED) is 0.757. The number of phenols is 1. The van der Waals surface area contributed by atoms with Crippen LogP contribution in [0, 0.1) is 0 Å². The van der Waals surface area contributed by atoms with Gasteiger partial charge in [-0.1, -0.05) is 24.6 Å². The Bertz CT molecular complexity index is 445. The molecule has 0 aromatic heterocycles. The van der Waals surface area contributed by atoms with Crippen LogP contribution in [0.15, 0.2) is 30.4 Å². The van der Waals surface area contributed by atoms with E-state index < -0.39 is 0 Å². The molecule has 0 bridgehead atoms. The predicted molar refractivity (Wildman–Crippen MR) is 77.1 cm³/mol. The van der Waals surface area contributed by atoms with Gasteiger partial charge in [0.15, 0.2) is 0 Å². The van der Waals surface area contributed by atoms with Crippen LogP contribution in [0.2, 0.25) is 0 Å². The third-order valence-electron chi connectivity index (χ3n) is 2.78. The first-order valence-electron chi connectivity index (χ1n) is 6.29. The monoisotopic (exact) mass is 246 g/mol. The van der Waals surface area contributed by atoms with Crippen molar-refractivity contribution in [3.8, 4) is 11.5 Å². The lowest BCUT2D eigenvalue weighted by atomic mass is 10.0. The standard InChI is InChI=1S/C16H22O2/c1-5-6-7-13-10-15(17)14(9-8-12(2)3)16(11-13)18-4/h6-7,10-11,17H,2,5,8-9H2,1,3-4H3. The molecule has 0 atom stereocenters. The first-order chi connectivity index (χ1) is 8.58. The number of aromatic hydroxyl groups is 1. The molecule has 1 aromatic rings. The van der Waals surface area contributed by atoms with Crippen molar-refractivity contribution >= 4 is 6.08 Å². The van der Waals surface area contributed by atoms with Crippen molar-refractivity contribution in [2.24, 2.45) is 0 Å². The lowest BCUT2D eigenvalue weighted by Crippen LogP contribution is -1.94. The van der Waals surface area contributed by atoms with Crippen molar-refractivity contribution in [3.05, 3.63) is 41.5 Å². The number of hydrogen-bond acceptors (Lipinski definition) is 2. The molecule has 0 amide bonds. The summed E-state index contributed by atoms with van der Waals surface area (Å²) in [6.45, 7) is 7.95. The van der Waals surface area contributed by atoms with Crippen molar-refractivity contribution in [2.45, 2.75) is 33.1 Å². The Labute approximate surface area is 110 Å². The molecule has 0 unspecified atom stereocenters. The molecule has 2 heteroatoms. The Morgan fingerprint density at radius 2 is 2.17 bits per heavy atom. The lowest BCUT2D eigenvalue weighted by molar-refractivity contribution is 0.399. The van der Waals surface area contributed by atoms with Crippen molar-refractivity contribution < 1.29 is 9.84 Å². The Balaban J connectivity index is 3.03. The Kier molecular flexibility index (Phi) is 5.50. The summed E-state index contributed by atoms with van der Waals surface area (Å²) in [6.07, 6.45) is 6.63. The average molecular weight is 246 g/mol. The minimum absolute atomic E-state index is 0.298. The van der Waals surface area contributed by atoms with E-state index in [1.165, 1.54) is 0 Å². The first-order valence-corrected chi connectivity index (χ1v) is 6.29. The summed E-state index contributed by atoms with van der Waals surface area (Å²) in [4.78, 5) is 0. The van der Waals surface area contributed by atoms with Gasteiger partial charge in [0, 0.05) is 5.56 Å². The number of hydrogen-bond donors (Lipinski definition) is 1. The second-order valence-corrected chi connectivity index (χ2v) is 4.49. The maximum atomic E-state index is 10.1. The van der Waals surface area contributed by atoms with E-state index in [0.29, 0.717) is 5.75 Å². The molecule has 0 saturated carbocycles. The van der Waals surface area contributed by atoms with E-state index in [9.17, 15) is 5.11 Å². The maximum absolute atomic E-state index is 10.1. The zero-order chi connectivity index (χ0) is 13.5. The van der Waals surface area contributed by atoms with Crippen LogP contribution in [-0.2, 0) is 6.42 Å². The molecule has 1 aromatic carbocycles. The fourth-order valence-electron chi connectivity index (χ4n) is 1.77. The van der Waals surface area contributed by atoms with E-state index in [4.69, 9.17) is 4.74 Å². The van der Waals surface area contributed by atoms with Gasteiger partial charge < -0.3 is 9.84 Å². The predicted octanol–water partition coefficient (Wildman–Crippen LogP) is 4.33. The number of allylic oxidation sites excluding steroid dienone is 2. The summed E-state index contributed by atoms with van der Waals surface area (Å²) in [6, 6.07) is 3.74. The van der Waals surface area contributed by atoms with E-state index in [1.54, 1.807) is 13.2 Å². The van der Waals surface area contributed by atoms with Gasteiger partial charge in [0.25, 0.3) is 0 Å². The molecule has 1 rings (SSSR count). The fraction of sp³-hybridized carbons (Fsp3) is 0.375. The lowest BCUT2D eigenvalue weighted by Gasteiger charge is -2.12. The summed E-state index contributed by atoms with van der Waals surface area (Å²) in [5.41, 5.74) is 2.92. The smallest absolute Gasteiger partial charge is 0.126 e. The average Bonchev–Trinajstić information content (AvgIpc) is 2.34. The van der Waals surface area contributed by atoms with E-state index in [-0.39, 0.29) is 0 Å². The summed E-state index contributed by atoms with van der Waals surface area (Å²) in [5, 5.41) is 10.1. The van der Waals surface area contributed by atoms with Crippen molar-refractivity contribution in [1.29, 1.82) is 0 Å². The van der Waals surface area contributed by atoms with Crippen LogP contribution in [0.1, 0.15) is 37.8 Å². The normalized spacial score (nSPS) is 10.8. The molecule has 0 aliphatic rings. The molecular weight excluding hydrogens is 224 g/mol. The molecule has 18 heavy (non-hydrogen) atoms. The second-order valence-electron chi connectivity index (χ2n) is 4.49. The van der Waals surface area contributed by atoms with E-state index >= 15 is 0 Å². The highest BCUT2D eigenvalue weighted by Crippen LogP contribution is 2.32. The topological polar surface area (TPSA) is 29.5 Å². The van der Waals surface area contributed by atoms with Gasteiger partial charge in [0.05, 0.1) is 7.11 Å². The van der Waals surface area contributed by atoms with Crippen LogP contribution in [-0.4, -0.2) is 12.2 Å². The SMILES string of the molecule is C=C(C)CCc1c(O)cc(C=CCC)cc1OC. The van der Waals surface area contributed by atoms with Crippen LogP contribution in [0.3, 0.4) is 0 Å². The highest BCUT2D eigenvalue weighted by atomic mass is 16.5. The minimum atomic E-state index is 0.298. The zero-order valence-corrected chi connectivity index (χ0v) is 11.5. The van der Waals surface area contributed by atoms with Gasteiger partial charge in [-0.3, -0.25) is 0 Å². The maximum Gasteiger partial charge on any atom is 0.126 e. The molecule has 0 aliphatic carbocycles. The molecule has 0 radical (unpaired) electrons. The molecule has 0 aliphatic heterocycles. The number of benzene rings is 1. The van der Waals surface area contributed by atoms with Gasteiger partial charge in [-0.2, -0.15) is 0 Å². The molecule has 0 spiro atoms. The third kappa shape index (κ3) is 3.95. The van der Waals surface area contributed by atoms with Crippen LogP contribution in [0.25, 0.3) is 6.08 Å². The minimum Gasteiger partial charge on any atom is -0.508 e. The summed E-state index contributed by atoms with van der Waals surface area (Å²) in [7, 11) is 1.63. The Hall–Kier alpha value is -1.70. The molecule has 0 heterocycles. The van der Waals surface area contributed by atoms with Crippen molar-refractivity contribution in [3.63, 3.8) is 0 Å². The summed E-state index contributed by atoms with van der Waals surface area (Å²) in [5.74, 6) is 1.04. The van der Waals surface area contributed by atoms with Crippen LogP contribution < -0.4 is 4.74 Å². The highest BCUT2D eigenvalue weighted by Gasteiger charge is 2.10. The summed E-state index contributed by atoms with van der Waals surface area (Å²) < 4.78 is 5.36. The van der Waals surface area contributed by atoms with Gasteiger partial charge in [-0.25, -0.2) is 0 Å². The van der Waals surface area contributed by atoms with E-state index in [2.05, 4.69) is 19.6 Å². The largest absolute Gasteiger partial charge is 0.508 e. The first kappa shape index (κ1) is 14.4. The Morgan fingerprint density at radius 1 is 1.44 bits per heavy atom. The van der Waals surface area contributed by atoms with Crippen LogP contribution >= 0.6 is 0 Å². The molecule has 1 N–H and O–H groups in total. The van der Waals surface area contributed by atoms with Crippen molar-refractivity contribution in [2.75, 3.05) is 7.11 Å². The van der Waals surface area contributed by atoms with Gasteiger partial charge >= 0.3 is 0 Å². The molecular formula is C16H22O2. The third-order valence-corrected chi connectivity index (χ3v) is 2.78. The fourth-order valence-corrected chi connectivity index (χ4v) is 1.77. The number of ether oxygens (including phenoxy) is 1. The van der Waals surface area contributed by atoms with Crippen molar-refractivity contribution in [1.82, 2.24) is 0 Å². The van der Waals surface area contributed by atoms with E-state index in [0.717, 1.165) is 41.7 Å². The number of phenolic OH excluding ortho intramolecular Hbond substituents is 1. The Morgan fingerprint density at radius 3 is 2.72 bits per heavy atom. The molecule has 0 fully saturated rings. The number of methoxy groups -OCH3 is 1. The molecule has 0 saturated heterocycles. The van der Waals surface area contributed by atoms with Gasteiger partial charge in [-0.15, -0.1) is 6.58 Å². The van der Waals surface area contributed by atoms with Gasteiger partial charge in [0.1, 0.15) is 11.5 Å². The molecule has 2 nitrogen and oxygen atoms in total. The van der Waals surface area contributed by atoms with Crippen LogP contribution in [0.4, 0.5) is 0 Å². The molecule has 98 valence electrons. The zero-order valence-electron chi connectivity index (χ0n) is 11.5. The number of rotatable bonds is 6. The van der Waals surface area contributed by atoms with E-state index in [1.807, 2.05) is 19.1 Å².